The van der Waals surface area contributed by atoms with Crippen LogP contribution >= 0.6 is 0 Å². The SMILES string of the molecule is Cc1nc(C(C)(C)C)[nH]c(=O)c1C(=O)Nc1ccc(CCC(=O)O)cc1. The number of aliphatic carboxylic acids is 1. The molecule has 0 aliphatic heterocycles. The third kappa shape index (κ3) is 4.78. The zero-order valence-electron chi connectivity index (χ0n) is 15.3. The fraction of sp³-hybridized carbons (Fsp3) is 0.368. The second-order valence-electron chi connectivity index (χ2n) is 7.17. The molecule has 1 amide bonds. The first-order chi connectivity index (χ1) is 12.1. The standard InChI is InChI=1S/C19H23N3O4/c1-11-15(17(26)22-18(20-11)19(2,3)4)16(25)21-13-8-5-12(6-9-13)7-10-14(23)24/h5-6,8-9H,7,10H2,1-4H3,(H,21,25)(H,23,24)(H,20,22,26). The van der Waals surface area contributed by atoms with Crippen LogP contribution in [0.4, 0.5) is 5.69 Å². The molecule has 0 aliphatic rings. The van der Waals surface area contributed by atoms with Crippen molar-refractivity contribution in [1.82, 2.24) is 9.97 Å². The Bertz CT molecular complexity index is 877. The van der Waals surface area contributed by atoms with Crippen LogP contribution in [0.15, 0.2) is 29.1 Å². The van der Waals surface area contributed by atoms with Gasteiger partial charge in [0.25, 0.3) is 11.5 Å². The van der Waals surface area contributed by atoms with Crippen molar-refractivity contribution in [3.05, 3.63) is 57.3 Å². The van der Waals surface area contributed by atoms with E-state index in [2.05, 4.69) is 15.3 Å². The van der Waals surface area contributed by atoms with Crippen LogP contribution in [0.3, 0.4) is 0 Å². The number of nitrogens with zero attached hydrogens (tertiary/aromatic N) is 1. The Morgan fingerprint density at radius 2 is 1.81 bits per heavy atom. The van der Waals surface area contributed by atoms with Gasteiger partial charge in [0.2, 0.25) is 0 Å². The van der Waals surface area contributed by atoms with Gasteiger partial charge >= 0.3 is 5.97 Å². The summed E-state index contributed by atoms with van der Waals surface area (Å²) in [6.07, 6.45) is 0.465. The van der Waals surface area contributed by atoms with Crippen molar-refractivity contribution in [3.63, 3.8) is 0 Å². The highest BCUT2D eigenvalue weighted by Crippen LogP contribution is 2.18. The van der Waals surface area contributed by atoms with E-state index < -0.39 is 17.4 Å². The summed E-state index contributed by atoms with van der Waals surface area (Å²) in [4.78, 5) is 42.4. The van der Waals surface area contributed by atoms with E-state index in [4.69, 9.17) is 5.11 Å². The molecule has 0 unspecified atom stereocenters. The number of carboxylic acids is 1. The molecule has 0 aliphatic carbocycles. The van der Waals surface area contributed by atoms with Gasteiger partial charge in [-0.25, -0.2) is 4.98 Å². The van der Waals surface area contributed by atoms with Gasteiger partial charge in [-0.2, -0.15) is 0 Å². The van der Waals surface area contributed by atoms with Crippen LogP contribution in [0.2, 0.25) is 0 Å². The van der Waals surface area contributed by atoms with Crippen molar-refractivity contribution in [1.29, 1.82) is 0 Å². The van der Waals surface area contributed by atoms with E-state index in [-0.39, 0.29) is 17.4 Å². The number of carbonyl (C=O) groups is 2. The normalized spacial score (nSPS) is 11.2. The zero-order chi connectivity index (χ0) is 19.5. The smallest absolute Gasteiger partial charge is 0.303 e. The van der Waals surface area contributed by atoms with Crippen molar-refractivity contribution < 1.29 is 14.7 Å². The molecule has 2 aromatic rings. The van der Waals surface area contributed by atoms with Gasteiger partial charge in [-0.3, -0.25) is 14.4 Å². The Kier molecular flexibility index (Phi) is 5.59. The van der Waals surface area contributed by atoms with E-state index in [1.165, 1.54) is 0 Å². The molecule has 0 spiro atoms. The third-order valence-electron chi connectivity index (χ3n) is 3.88. The summed E-state index contributed by atoms with van der Waals surface area (Å²) in [5.41, 5.74) is 0.925. The predicted octanol–water partition coefficient (Wildman–Crippen LogP) is 2.65. The summed E-state index contributed by atoms with van der Waals surface area (Å²) < 4.78 is 0. The zero-order valence-corrected chi connectivity index (χ0v) is 15.3. The molecular weight excluding hydrogens is 334 g/mol. The Balaban J connectivity index is 2.17. The number of hydrogen-bond donors (Lipinski definition) is 3. The predicted molar refractivity (Wildman–Crippen MR) is 98.6 cm³/mol. The molecule has 1 aromatic heterocycles. The minimum absolute atomic E-state index is 0.0204. The van der Waals surface area contributed by atoms with E-state index >= 15 is 0 Å². The highest BCUT2D eigenvalue weighted by atomic mass is 16.4. The number of anilines is 1. The van der Waals surface area contributed by atoms with Crippen LogP contribution in [-0.4, -0.2) is 27.0 Å². The lowest BCUT2D eigenvalue weighted by atomic mass is 9.95. The number of amides is 1. The van der Waals surface area contributed by atoms with Crippen molar-refractivity contribution in [3.8, 4) is 0 Å². The van der Waals surface area contributed by atoms with Gasteiger partial charge in [0.1, 0.15) is 11.4 Å². The number of H-pyrrole nitrogens is 1. The molecule has 7 heteroatoms. The largest absolute Gasteiger partial charge is 0.481 e. The molecule has 3 N–H and O–H groups in total. The van der Waals surface area contributed by atoms with Gasteiger partial charge in [-0.15, -0.1) is 0 Å². The Morgan fingerprint density at radius 3 is 2.31 bits per heavy atom. The number of carboxylic acid groups (broad SMARTS) is 1. The Hall–Kier alpha value is -2.96. The summed E-state index contributed by atoms with van der Waals surface area (Å²) in [5, 5.41) is 11.4. The molecule has 1 heterocycles. The lowest BCUT2D eigenvalue weighted by Gasteiger charge is -2.18. The van der Waals surface area contributed by atoms with Gasteiger partial charge in [0, 0.05) is 17.5 Å². The molecule has 7 nitrogen and oxygen atoms in total. The Morgan fingerprint density at radius 1 is 1.19 bits per heavy atom. The molecule has 0 bridgehead atoms. The van der Waals surface area contributed by atoms with E-state index in [0.29, 0.717) is 23.6 Å². The van der Waals surface area contributed by atoms with Crippen molar-refractivity contribution in [2.45, 2.75) is 46.0 Å². The van der Waals surface area contributed by atoms with Crippen molar-refractivity contribution in [2.75, 3.05) is 5.32 Å². The van der Waals surface area contributed by atoms with Crippen LogP contribution in [-0.2, 0) is 16.6 Å². The van der Waals surface area contributed by atoms with Crippen LogP contribution in [0.25, 0.3) is 0 Å². The summed E-state index contributed by atoms with van der Waals surface area (Å²) in [5.74, 6) is -0.863. The number of carbonyl (C=O) groups excluding carboxylic acids is 1. The van der Waals surface area contributed by atoms with E-state index in [1.54, 1.807) is 31.2 Å². The van der Waals surface area contributed by atoms with Gasteiger partial charge < -0.3 is 15.4 Å². The molecule has 0 saturated heterocycles. The quantitative estimate of drug-likeness (QED) is 0.761. The minimum atomic E-state index is -0.858. The number of aryl methyl sites for hydroxylation is 2. The second-order valence-corrected chi connectivity index (χ2v) is 7.17. The fourth-order valence-corrected chi connectivity index (χ4v) is 2.41. The molecule has 2 rings (SSSR count). The van der Waals surface area contributed by atoms with Gasteiger partial charge in [0.15, 0.2) is 0 Å². The number of aromatic nitrogens is 2. The first-order valence-electron chi connectivity index (χ1n) is 8.31. The van der Waals surface area contributed by atoms with Crippen molar-refractivity contribution >= 4 is 17.6 Å². The molecule has 26 heavy (non-hydrogen) atoms. The van der Waals surface area contributed by atoms with Gasteiger partial charge in [-0.05, 0) is 31.0 Å². The highest BCUT2D eigenvalue weighted by Gasteiger charge is 2.22. The maximum atomic E-state index is 12.5. The maximum absolute atomic E-state index is 12.5. The molecule has 0 atom stereocenters. The average Bonchev–Trinajstić information content (AvgIpc) is 2.52. The third-order valence-corrected chi connectivity index (χ3v) is 3.88. The molecule has 0 saturated carbocycles. The minimum Gasteiger partial charge on any atom is -0.481 e. The number of hydrogen-bond acceptors (Lipinski definition) is 4. The molecule has 1 aromatic carbocycles. The molecular formula is C19H23N3O4. The lowest BCUT2D eigenvalue weighted by Crippen LogP contribution is -2.30. The summed E-state index contributed by atoms with van der Waals surface area (Å²) in [6, 6.07) is 6.85. The molecule has 0 fully saturated rings. The molecule has 0 radical (unpaired) electrons. The number of aromatic amines is 1. The maximum Gasteiger partial charge on any atom is 0.303 e. The van der Waals surface area contributed by atoms with Gasteiger partial charge in [0.05, 0.1) is 5.69 Å². The second kappa shape index (κ2) is 7.51. The van der Waals surface area contributed by atoms with E-state index in [1.807, 2.05) is 20.8 Å². The van der Waals surface area contributed by atoms with Crippen LogP contribution in [0, 0.1) is 6.92 Å². The number of benzene rings is 1. The van der Waals surface area contributed by atoms with Crippen LogP contribution < -0.4 is 10.9 Å². The lowest BCUT2D eigenvalue weighted by molar-refractivity contribution is -0.136. The van der Waals surface area contributed by atoms with Crippen LogP contribution in [0.5, 0.6) is 0 Å². The van der Waals surface area contributed by atoms with E-state index in [0.717, 1.165) is 5.56 Å². The summed E-state index contributed by atoms with van der Waals surface area (Å²) in [6.45, 7) is 7.41. The number of rotatable bonds is 5. The Labute approximate surface area is 151 Å². The molecule has 138 valence electrons. The first kappa shape index (κ1) is 19.4. The van der Waals surface area contributed by atoms with Crippen LogP contribution in [0.1, 0.15) is 54.6 Å². The average molecular weight is 357 g/mol. The first-order valence-corrected chi connectivity index (χ1v) is 8.31. The topological polar surface area (TPSA) is 112 Å². The highest BCUT2D eigenvalue weighted by molar-refractivity contribution is 6.04. The monoisotopic (exact) mass is 357 g/mol. The number of nitrogens with one attached hydrogen (secondary N) is 2. The van der Waals surface area contributed by atoms with Gasteiger partial charge in [-0.1, -0.05) is 32.9 Å². The fourth-order valence-electron chi connectivity index (χ4n) is 2.41. The summed E-state index contributed by atoms with van der Waals surface area (Å²) in [7, 11) is 0. The van der Waals surface area contributed by atoms with Crippen molar-refractivity contribution in [2.24, 2.45) is 0 Å². The van der Waals surface area contributed by atoms with E-state index in [9.17, 15) is 14.4 Å². The summed E-state index contributed by atoms with van der Waals surface area (Å²) >= 11 is 0.